The van der Waals surface area contributed by atoms with Crippen molar-refractivity contribution in [1.82, 2.24) is 4.98 Å². The normalized spacial score (nSPS) is 16.0. The highest BCUT2D eigenvalue weighted by Crippen LogP contribution is 2.41. The van der Waals surface area contributed by atoms with Crippen LogP contribution in [-0.2, 0) is 10.4 Å². The number of nitrogens with two attached hydrogens (primary N) is 1. The monoisotopic (exact) mass is 338 g/mol. The van der Waals surface area contributed by atoms with Crippen molar-refractivity contribution in [3.63, 3.8) is 0 Å². The second-order valence-corrected chi connectivity index (χ2v) is 5.89. The van der Waals surface area contributed by atoms with Gasteiger partial charge in [0.15, 0.2) is 0 Å². The Morgan fingerprint density at radius 1 is 1.36 bits per heavy atom. The summed E-state index contributed by atoms with van der Waals surface area (Å²) in [7, 11) is 0. The van der Waals surface area contributed by atoms with E-state index >= 15 is 0 Å². The minimum absolute atomic E-state index is 0.00107. The fourth-order valence-electron chi connectivity index (χ4n) is 1.68. The fraction of sp³-hybridized carbons (Fsp3) is 0.538. The lowest BCUT2D eigenvalue weighted by molar-refractivity contribution is -0.268. The Hall–Kier alpha value is -1.32. The molecule has 0 aliphatic rings. The van der Waals surface area contributed by atoms with Gasteiger partial charge in [0.2, 0.25) is 5.60 Å². The van der Waals surface area contributed by atoms with E-state index < -0.39 is 35.9 Å². The lowest BCUT2D eigenvalue weighted by Gasteiger charge is -2.29. The minimum Gasteiger partial charge on any atom is -0.480 e. The SMILES string of the molecule is NC(CCSCCC(O)(c1ccccn1)C(F)(F)F)C(=O)O. The van der Waals surface area contributed by atoms with Crippen molar-refractivity contribution in [2.45, 2.75) is 30.7 Å². The summed E-state index contributed by atoms with van der Waals surface area (Å²) in [6, 6.07) is 2.92. The lowest BCUT2D eigenvalue weighted by atomic mass is 9.95. The number of aliphatic carboxylic acids is 1. The van der Waals surface area contributed by atoms with Gasteiger partial charge in [-0.25, -0.2) is 0 Å². The second-order valence-electron chi connectivity index (χ2n) is 4.67. The number of alkyl halides is 3. The molecule has 0 aliphatic heterocycles. The van der Waals surface area contributed by atoms with Crippen LogP contribution in [0.4, 0.5) is 13.2 Å². The maximum absolute atomic E-state index is 13.1. The summed E-state index contributed by atoms with van der Waals surface area (Å²) in [4.78, 5) is 14.1. The van der Waals surface area contributed by atoms with Gasteiger partial charge in [-0.3, -0.25) is 9.78 Å². The number of rotatable bonds is 8. The van der Waals surface area contributed by atoms with Crippen molar-refractivity contribution in [1.29, 1.82) is 0 Å². The number of aromatic nitrogens is 1. The molecule has 0 saturated carbocycles. The maximum Gasteiger partial charge on any atom is 0.423 e. The van der Waals surface area contributed by atoms with E-state index in [9.17, 15) is 23.1 Å². The van der Waals surface area contributed by atoms with Crippen molar-refractivity contribution in [2.75, 3.05) is 11.5 Å². The van der Waals surface area contributed by atoms with E-state index in [0.29, 0.717) is 5.75 Å². The van der Waals surface area contributed by atoms with Crippen LogP contribution in [-0.4, -0.2) is 44.9 Å². The third-order valence-corrected chi connectivity index (χ3v) is 4.07. The van der Waals surface area contributed by atoms with Gasteiger partial charge >= 0.3 is 12.1 Å². The fourth-order valence-corrected chi connectivity index (χ4v) is 2.74. The molecule has 0 aromatic carbocycles. The number of halogens is 3. The number of carbonyl (C=O) groups is 1. The Kier molecular flexibility index (Phi) is 6.64. The Morgan fingerprint density at radius 2 is 2.05 bits per heavy atom. The summed E-state index contributed by atoms with van der Waals surface area (Å²) in [5, 5.41) is 18.6. The molecule has 1 rings (SSSR count). The van der Waals surface area contributed by atoms with E-state index in [2.05, 4.69) is 4.98 Å². The van der Waals surface area contributed by atoms with Crippen LogP contribution in [0, 0.1) is 0 Å². The van der Waals surface area contributed by atoms with E-state index in [1.54, 1.807) is 0 Å². The molecule has 2 unspecified atom stereocenters. The van der Waals surface area contributed by atoms with Gasteiger partial charge in [-0.05, 0) is 36.5 Å². The van der Waals surface area contributed by atoms with Crippen LogP contribution in [0.15, 0.2) is 24.4 Å². The van der Waals surface area contributed by atoms with Gasteiger partial charge in [0.1, 0.15) is 6.04 Å². The zero-order valence-electron chi connectivity index (χ0n) is 11.6. The second kappa shape index (κ2) is 7.80. The molecule has 1 aromatic rings. The largest absolute Gasteiger partial charge is 0.480 e. The number of hydrogen-bond donors (Lipinski definition) is 3. The van der Waals surface area contributed by atoms with E-state index in [1.165, 1.54) is 18.3 Å². The highest BCUT2D eigenvalue weighted by molar-refractivity contribution is 7.99. The van der Waals surface area contributed by atoms with Crippen LogP contribution in [0.1, 0.15) is 18.5 Å². The van der Waals surface area contributed by atoms with Gasteiger partial charge in [0, 0.05) is 6.20 Å². The Balaban J connectivity index is 2.60. The lowest BCUT2D eigenvalue weighted by Crippen LogP contribution is -2.43. The summed E-state index contributed by atoms with van der Waals surface area (Å²) in [6.45, 7) is 0. The summed E-state index contributed by atoms with van der Waals surface area (Å²) in [5.41, 5.74) is 1.82. The molecule has 0 saturated heterocycles. The molecule has 0 radical (unpaired) electrons. The van der Waals surface area contributed by atoms with E-state index in [-0.39, 0.29) is 12.2 Å². The quantitative estimate of drug-likeness (QED) is 0.625. The van der Waals surface area contributed by atoms with Crippen LogP contribution in [0.5, 0.6) is 0 Å². The Bertz CT molecular complexity index is 487. The standard InChI is InChI=1S/C13H17F3N2O3S/c14-13(15,16)12(21,10-3-1-2-6-18-10)5-8-22-7-4-9(17)11(19)20/h1-3,6,9,21H,4-5,7-8,17H2,(H,19,20). The first-order valence-electron chi connectivity index (χ1n) is 6.45. The van der Waals surface area contributed by atoms with Gasteiger partial charge in [-0.1, -0.05) is 6.07 Å². The third-order valence-electron chi connectivity index (χ3n) is 3.06. The van der Waals surface area contributed by atoms with Crippen LogP contribution >= 0.6 is 11.8 Å². The van der Waals surface area contributed by atoms with Crippen molar-refractivity contribution in [2.24, 2.45) is 5.73 Å². The molecule has 0 fully saturated rings. The van der Waals surface area contributed by atoms with Crippen molar-refractivity contribution in [3.05, 3.63) is 30.1 Å². The van der Waals surface area contributed by atoms with E-state index in [1.807, 2.05) is 0 Å². The average molecular weight is 338 g/mol. The predicted octanol–water partition coefficient (Wildman–Crippen LogP) is 1.76. The molecular weight excluding hydrogens is 321 g/mol. The number of carboxylic acids is 1. The van der Waals surface area contributed by atoms with Crippen LogP contribution < -0.4 is 5.73 Å². The molecule has 4 N–H and O–H groups in total. The number of nitrogens with zero attached hydrogens (tertiary/aromatic N) is 1. The van der Waals surface area contributed by atoms with Crippen LogP contribution in [0.3, 0.4) is 0 Å². The smallest absolute Gasteiger partial charge is 0.423 e. The highest BCUT2D eigenvalue weighted by Gasteiger charge is 2.55. The summed E-state index contributed by atoms with van der Waals surface area (Å²) >= 11 is 1.11. The van der Waals surface area contributed by atoms with Crippen molar-refractivity contribution in [3.8, 4) is 0 Å². The highest BCUT2D eigenvalue weighted by atomic mass is 32.2. The summed E-state index contributed by atoms with van der Waals surface area (Å²) in [5.74, 6) is -0.858. The van der Waals surface area contributed by atoms with Crippen LogP contribution in [0.25, 0.3) is 0 Å². The number of carboxylic acid groups (broad SMARTS) is 1. The zero-order valence-corrected chi connectivity index (χ0v) is 12.4. The molecule has 9 heteroatoms. The third kappa shape index (κ3) is 4.85. The topological polar surface area (TPSA) is 96.4 Å². The molecule has 0 bridgehead atoms. The minimum atomic E-state index is -4.85. The molecule has 1 heterocycles. The molecule has 22 heavy (non-hydrogen) atoms. The van der Waals surface area contributed by atoms with Crippen molar-refractivity contribution < 1.29 is 28.2 Å². The number of hydrogen-bond acceptors (Lipinski definition) is 5. The first-order chi connectivity index (χ1) is 10.2. The average Bonchev–Trinajstić information content (AvgIpc) is 2.46. The van der Waals surface area contributed by atoms with Crippen LogP contribution in [0.2, 0.25) is 0 Å². The van der Waals surface area contributed by atoms with E-state index in [4.69, 9.17) is 10.8 Å². The molecule has 0 amide bonds. The van der Waals surface area contributed by atoms with Gasteiger partial charge in [-0.15, -0.1) is 0 Å². The van der Waals surface area contributed by atoms with E-state index in [0.717, 1.165) is 17.8 Å². The zero-order chi connectivity index (χ0) is 16.8. The molecule has 5 nitrogen and oxygen atoms in total. The molecule has 1 aromatic heterocycles. The molecular formula is C13H17F3N2O3S. The van der Waals surface area contributed by atoms with Gasteiger partial charge in [0.25, 0.3) is 0 Å². The van der Waals surface area contributed by atoms with Crippen molar-refractivity contribution >= 4 is 17.7 Å². The van der Waals surface area contributed by atoms with Gasteiger partial charge in [-0.2, -0.15) is 24.9 Å². The maximum atomic E-state index is 13.1. The number of aliphatic hydroxyl groups is 1. The molecule has 0 spiro atoms. The number of thioether (sulfide) groups is 1. The predicted molar refractivity (Wildman–Crippen MR) is 76.4 cm³/mol. The van der Waals surface area contributed by atoms with Gasteiger partial charge in [0.05, 0.1) is 5.69 Å². The molecule has 124 valence electrons. The molecule has 2 atom stereocenters. The summed E-state index contributed by atoms with van der Waals surface area (Å²) < 4.78 is 39.4. The Labute approximate surface area is 129 Å². The first-order valence-corrected chi connectivity index (χ1v) is 7.60. The summed E-state index contributed by atoms with van der Waals surface area (Å²) in [6.07, 6.45) is -4.08. The first kappa shape index (κ1) is 18.7. The van der Waals surface area contributed by atoms with Gasteiger partial charge < -0.3 is 15.9 Å². The molecule has 0 aliphatic carbocycles. The number of pyridine rings is 1. The Morgan fingerprint density at radius 3 is 2.55 bits per heavy atom.